The Balaban J connectivity index is 1.58. The normalized spacial score (nSPS) is 14.8. The zero-order valence-electron chi connectivity index (χ0n) is 17.6. The van der Waals surface area contributed by atoms with E-state index >= 15 is 0 Å². The highest BCUT2D eigenvalue weighted by Crippen LogP contribution is 2.34. The fraction of sp³-hybridized carbons (Fsp3) is 0.160. The van der Waals surface area contributed by atoms with Gasteiger partial charge in [0.25, 0.3) is 5.91 Å². The van der Waals surface area contributed by atoms with Gasteiger partial charge in [-0.1, -0.05) is 30.3 Å². The minimum absolute atomic E-state index is 0.189. The number of nitrogens with zero attached hydrogens (tertiary/aromatic N) is 1. The van der Waals surface area contributed by atoms with Crippen molar-refractivity contribution in [3.63, 3.8) is 0 Å². The van der Waals surface area contributed by atoms with E-state index in [0.717, 1.165) is 0 Å². The van der Waals surface area contributed by atoms with Crippen molar-refractivity contribution >= 4 is 34.8 Å². The van der Waals surface area contributed by atoms with Crippen LogP contribution < -0.4 is 20.3 Å². The van der Waals surface area contributed by atoms with E-state index in [4.69, 9.17) is 4.74 Å². The Labute approximate surface area is 186 Å². The van der Waals surface area contributed by atoms with Gasteiger partial charge in [-0.2, -0.15) is 0 Å². The molecule has 1 heterocycles. The number of ether oxygens (including phenoxy) is 1. The van der Waals surface area contributed by atoms with Gasteiger partial charge in [-0.15, -0.1) is 0 Å². The maximum atomic E-state index is 13.4. The largest absolute Gasteiger partial charge is 0.494 e. The second kappa shape index (κ2) is 9.34. The molecule has 3 amide bonds. The van der Waals surface area contributed by atoms with Crippen LogP contribution in [0.4, 0.5) is 17.1 Å². The van der Waals surface area contributed by atoms with Crippen LogP contribution in [0, 0.1) is 0 Å². The number of hydrogen-bond acceptors (Lipinski definition) is 4. The van der Waals surface area contributed by atoms with Crippen molar-refractivity contribution in [3.8, 4) is 5.75 Å². The number of carbonyl (C=O) groups is 3. The number of carbonyl (C=O) groups excluding carboxylic acids is 3. The van der Waals surface area contributed by atoms with E-state index in [1.807, 2.05) is 13.0 Å². The monoisotopic (exact) mass is 429 g/mol. The van der Waals surface area contributed by atoms with Crippen LogP contribution in [0.15, 0.2) is 78.9 Å². The summed E-state index contributed by atoms with van der Waals surface area (Å²) in [5.41, 5.74) is 2.11. The number of hydrogen-bond donors (Lipinski definition) is 2. The van der Waals surface area contributed by atoms with Gasteiger partial charge in [0.15, 0.2) is 0 Å². The van der Waals surface area contributed by atoms with Gasteiger partial charge in [0, 0.05) is 11.3 Å². The van der Waals surface area contributed by atoms with E-state index in [-0.39, 0.29) is 18.2 Å². The molecule has 32 heavy (non-hydrogen) atoms. The molecule has 1 atom stereocenters. The number of benzene rings is 3. The lowest BCUT2D eigenvalue weighted by atomic mass is 10.0. The number of fused-ring (bicyclic) bond motifs is 1. The molecular formula is C25H23N3O4. The van der Waals surface area contributed by atoms with Gasteiger partial charge in [-0.25, -0.2) is 0 Å². The average molecular weight is 429 g/mol. The molecule has 0 unspecified atom stereocenters. The molecule has 3 aromatic carbocycles. The molecule has 7 nitrogen and oxygen atoms in total. The number of rotatable bonds is 6. The lowest BCUT2D eigenvalue weighted by Crippen LogP contribution is -2.52. The molecule has 2 N–H and O–H groups in total. The van der Waals surface area contributed by atoms with Crippen LogP contribution in [-0.2, 0) is 9.59 Å². The van der Waals surface area contributed by atoms with Crippen LogP contribution in [0.3, 0.4) is 0 Å². The second-order valence-corrected chi connectivity index (χ2v) is 7.27. The predicted molar refractivity (Wildman–Crippen MR) is 123 cm³/mol. The van der Waals surface area contributed by atoms with Crippen molar-refractivity contribution in [1.82, 2.24) is 0 Å². The molecular weight excluding hydrogens is 406 g/mol. The smallest absolute Gasteiger partial charge is 0.259 e. The molecule has 0 spiro atoms. The summed E-state index contributed by atoms with van der Waals surface area (Å²) in [7, 11) is 0. The van der Waals surface area contributed by atoms with Crippen LogP contribution in [0.25, 0.3) is 0 Å². The summed E-state index contributed by atoms with van der Waals surface area (Å²) in [5.74, 6) is -0.422. The standard InChI is InChI=1S/C25H23N3O4/c1-2-32-19-14-12-18(13-15-19)26-23(29)16-22-24(30)27-20-10-6-7-11-21(20)28(22)25(31)17-8-4-3-5-9-17/h3-15,22H,2,16H2,1H3,(H,26,29)(H,27,30)/t22-/m1/s1. The van der Waals surface area contributed by atoms with E-state index in [1.165, 1.54) is 4.90 Å². The van der Waals surface area contributed by atoms with Gasteiger partial charge in [0.2, 0.25) is 11.8 Å². The first-order chi connectivity index (χ1) is 15.6. The zero-order chi connectivity index (χ0) is 22.5. The third kappa shape index (κ3) is 4.46. The zero-order valence-corrected chi connectivity index (χ0v) is 17.6. The molecule has 0 radical (unpaired) electrons. The van der Waals surface area contributed by atoms with Gasteiger partial charge in [-0.05, 0) is 55.5 Å². The first-order valence-electron chi connectivity index (χ1n) is 10.4. The summed E-state index contributed by atoms with van der Waals surface area (Å²) < 4.78 is 5.41. The third-order valence-electron chi connectivity index (χ3n) is 5.10. The molecule has 0 saturated carbocycles. The Morgan fingerprint density at radius 2 is 1.66 bits per heavy atom. The fourth-order valence-electron chi connectivity index (χ4n) is 3.63. The Kier molecular flexibility index (Phi) is 6.17. The van der Waals surface area contributed by atoms with E-state index in [9.17, 15) is 14.4 Å². The van der Waals surface area contributed by atoms with E-state index in [1.54, 1.807) is 72.8 Å². The topological polar surface area (TPSA) is 87.7 Å². The number of anilines is 3. The first kappa shape index (κ1) is 21.1. The van der Waals surface area contributed by atoms with Gasteiger partial charge in [0.05, 0.1) is 24.4 Å². The Hall–Kier alpha value is -4.13. The molecule has 1 aliphatic heterocycles. The van der Waals surface area contributed by atoms with Crippen molar-refractivity contribution in [2.75, 3.05) is 22.1 Å². The van der Waals surface area contributed by atoms with Crippen LogP contribution in [0.2, 0.25) is 0 Å². The quantitative estimate of drug-likeness (QED) is 0.618. The summed E-state index contributed by atoms with van der Waals surface area (Å²) in [6, 6.07) is 21.8. The lowest BCUT2D eigenvalue weighted by Gasteiger charge is -2.36. The van der Waals surface area contributed by atoms with Gasteiger partial charge in [-0.3, -0.25) is 19.3 Å². The SMILES string of the molecule is CCOc1ccc(NC(=O)C[C@@H]2C(=O)Nc3ccccc3N2C(=O)c2ccccc2)cc1. The third-order valence-corrected chi connectivity index (χ3v) is 5.10. The second-order valence-electron chi connectivity index (χ2n) is 7.27. The maximum absolute atomic E-state index is 13.4. The average Bonchev–Trinajstić information content (AvgIpc) is 2.81. The van der Waals surface area contributed by atoms with Crippen molar-refractivity contribution < 1.29 is 19.1 Å². The maximum Gasteiger partial charge on any atom is 0.259 e. The van der Waals surface area contributed by atoms with Crippen molar-refractivity contribution in [1.29, 1.82) is 0 Å². The molecule has 0 aliphatic carbocycles. The molecule has 1 aliphatic rings. The van der Waals surface area contributed by atoms with Crippen LogP contribution in [0.1, 0.15) is 23.7 Å². The van der Waals surface area contributed by atoms with Crippen LogP contribution in [0.5, 0.6) is 5.75 Å². The van der Waals surface area contributed by atoms with Crippen molar-refractivity contribution in [3.05, 3.63) is 84.4 Å². The molecule has 0 fully saturated rings. The summed E-state index contributed by atoms with van der Waals surface area (Å²) in [4.78, 5) is 40.5. The van der Waals surface area contributed by atoms with Gasteiger partial charge < -0.3 is 15.4 Å². The Bertz CT molecular complexity index is 1130. The molecule has 0 aromatic heterocycles. The number of amides is 3. The minimum atomic E-state index is -0.986. The van der Waals surface area contributed by atoms with Gasteiger partial charge >= 0.3 is 0 Å². The Morgan fingerprint density at radius 3 is 2.38 bits per heavy atom. The fourth-order valence-corrected chi connectivity index (χ4v) is 3.63. The van der Waals surface area contributed by atoms with Crippen molar-refractivity contribution in [2.24, 2.45) is 0 Å². The molecule has 4 rings (SSSR count). The molecule has 162 valence electrons. The highest BCUT2D eigenvalue weighted by molar-refractivity contribution is 6.17. The van der Waals surface area contributed by atoms with E-state index < -0.39 is 11.9 Å². The van der Waals surface area contributed by atoms with E-state index in [0.29, 0.717) is 35.0 Å². The molecule has 0 saturated heterocycles. The van der Waals surface area contributed by atoms with Crippen molar-refractivity contribution in [2.45, 2.75) is 19.4 Å². The number of para-hydroxylation sites is 2. The van der Waals surface area contributed by atoms with Gasteiger partial charge in [0.1, 0.15) is 11.8 Å². The predicted octanol–water partition coefficient (Wildman–Crippen LogP) is 4.08. The lowest BCUT2D eigenvalue weighted by molar-refractivity contribution is -0.122. The minimum Gasteiger partial charge on any atom is -0.494 e. The summed E-state index contributed by atoms with van der Waals surface area (Å²) in [5, 5.41) is 5.60. The van der Waals surface area contributed by atoms with E-state index in [2.05, 4.69) is 10.6 Å². The molecule has 3 aromatic rings. The summed E-state index contributed by atoms with van der Waals surface area (Å²) in [6.07, 6.45) is -0.189. The highest BCUT2D eigenvalue weighted by Gasteiger charge is 2.38. The number of nitrogens with one attached hydrogen (secondary N) is 2. The summed E-state index contributed by atoms with van der Waals surface area (Å²) in [6.45, 7) is 2.45. The summed E-state index contributed by atoms with van der Waals surface area (Å²) >= 11 is 0. The highest BCUT2D eigenvalue weighted by atomic mass is 16.5. The first-order valence-corrected chi connectivity index (χ1v) is 10.4. The molecule has 7 heteroatoms. The molecule has 0 bridgehead atoms. The Morgan fingerprint density at radius 1 is 0.969 bits per heavy atom. The van der Waals surface area contributed by atoms with Crippen LogP contribution in [-0.4, -0.2) is 30.4 Å². The van der Waals surface area contributed by atoms with Crippen LogP contribution >= 0.6 is 0 Å².